The second-order valence-electron chi connectivity index (χ2n) is 7.42. The first-order chi connectivity index (χ1) is 12.8. The Bertz CT molecular complexity index is 814. The van der Waals surface area contributed by atoms with Crippen LogP contribution in [-0.4, -0.2) is 45.0 Å². The Balaban J connectivity index is 1.68. The minimum absolute atomic E-state index is 0.115. The average molecular weight is 371 g/mol. The van der Waals surface area contributed by atoms with E-state index in [0.717, 1.165) is 11.3 Å². The van der Waals surface area contributed by atoms with Gasteiger partial charge in [0.2, 0.25) is 5.91 Å². The molecule has 1 aliphatic carbocycles. The monoisotopic (exact) mass is 371 g/mol. The van der Waals surface area contributed by atoms with Gasteiger partial charge in [0.1, 0.15) is 5.54 Å². The van der Waals surface area contributed by atoms with Gasteiger partial charge in [-0.05, 0) is 30.7 Å². The molecule has 2 atom stereocenters. The van der Waals surface area contributed by atoms with Gasteiger partial charge in [-0.3, -0.25) is 4.79 Å². The average Bonchev–Trinajstić information content (AvgIpc) is 3.15. The molecule has 1 fully saturated rings. The van der Waals surface area contributed by atoms with Crippen LogP contribution in [0.3, 0.4) is 0 Å². The lowest BCUT2D eigenvalue weighted by Gasteiger charge is -2.58. The molecule has 1 aromatic heterocycles. The third-order valence-corrected chi connectivity index (χ3v) is 5.55. The third-order valence-electron chi connectivity index (χ3n) is 5.55. The summed E-state index contributed by atoms with van der Waals surface area (Å²) >= 11 is 0. The van der Waals surface area contributed by atoms with Crippen molar-refractivity contribution in [2.24, 2.45) is 5.41 Å². The second kappa shape index (κ2) is 7.15. The number of nitrogens with one attached hydrogen (secondary N) is 1. The first-order valence-electron chi connectivity index (χ1n) is 9.05. The van der Waals surface area contributed by atoms with E-state index in [0.29, 0.717) is 6.61 Å². The maximum absolute atomic E-state index is 12.6. The summed E-state index contributed by atoms with van der Waals surface area (Å²) in [6.07, 6.45) is 3.73. The maximum Gasteiger partial charge on any atom is 0.330 e. The Morgan fingerprint density at radius 1 is 1.33 bits per heavy atom. The summed E-state index contributed by atoms with van der Waals surface area (Å²) in [5.41, 5.74) is -0.291. The molecule has 1 heterocycles. The largest absolute Gasteiger partial charge is 0.479 e. The molecule has 144 valence electrons. The summed E-state index contributed by atoms with van der Waals surface area (Å²) in [6, 6.07) is 9.28. The van der Waals surface area contributed by atoms with E-state index in [1.165, 1.54) is 0 Å². The van der Waals surface area contributed by atoms with Gasteiger partial charge in [-0.2, -0.15) is 5.10 Å². The fraction of sp³-hybridized carbons (Fsp3) is 0.450. The predicted molar refractivity (Wildman–Crippen MR) is 99.6 cm³/mol. The van der Waals surface area contributed by atoms with E-state index < -0.39 is 16.9 Å². The van der Waals surface area contributed by atoms with E-state index >= 15 is 0 Å². The van der Waals surface area contributed by atoms with E-state index in [4.69, 9.17) is 4.74 Å². The van der Waals surface area contributed by atoms with Gasteiger partial charge in [0.25, 0.3) is 0 Å². The number of carbonyl (C=O) groups excluding carboxylic acids is 1. The van der Waals surface area contributed by atoms with E-state index in [1.807, 2.05) is 57.3 Å². The molecule has 7 nitrogen and oxygen atoms in total. The number of aromatic nitrogens is 2. The Hall–Kier alpha value is -2.67. The van der Waals surface area contributed by atoms with E-state index in [2.05, 4.69) is 10.4 Å². The molecule has 0 spiro atoms. The van der Waals surface area contributed by atoms with Crippen molar-refractivity contribution in [3.63, 3.8) is 0 Å². The molecule has 3 rings (SSSR count). The number of carboxylic acid groups (broad SMARTS) is 1. The quantitative estimate of drug-likeness (QED) is 0.778. The molecule has 27 heavy (non-hydrogen) atoms. The summed E-state index contributed by atoms with van der Waals surface area (Å²) in [7, 11) is 0. The predicted octanol–water partition coefficient (Wildman–Crippen LogP) is 2.19. The summed E-state index contributed by atoms with van der Waals surface area (Å²) in [4.78, 5) is 24.5. The fourth-order valence-electron chi connectivity index (χ4n) is 3.69. The Labute approximate surface area is 158 Å². The van der Waals surface area contributed by atoms with Crippen molar-refractivity contribution in [3.8, 4) is 5.69 Å². The van der Waals surface area contributed by atoms with Crippen LogP contribution in [0, 0.1) is 5.41 Å². The molecule has 2 N–H and O–H groups in total. The van der Waals surface area contributed by atoms with Crippen LogP contribution in [0.1, 0.15) is 32.8 Å². The molecule has 1 aliphatic rings. The van der Waals surface area contributed by atoms with E-state index in [9.17, 15) is 14.7 Å². The minimum Gasteiger partial charge on any atom is -0.479 e. The van der Waals surface area contributed by atoms with Crippen LogP contribution in [-0.2, 0) is 20.7 Å². The van der Waals surface area contributed by atoms with Crippen LogP contribution in [0.5, 0.6) is 0 Å². The lowest BCUT2D eigenvalue weighted by atomic mass is 9.54. The first-order valence-corrected chi connectivity index (χ1v) is 9.05. The molecular formula is C20H25N3O4. The molecule has 7 heteroatoms. The smallest absolute Gasteiger partial charge is 0.330 e. The number of carboxylic acids is 1. The summed E-state index contributed by atoms with van der Waals surface area (Å²) in [5, 5.41) is 16.7. The molecule has 1 aromatic carbocycles. The highest BCUT2D eigenvalue weighted by Gasteiger charge is 2.66. The van der Waals surface area contributed by atoms with Crippen molar-refractivity contribution in [1.29, 1.82) is 0 Å². The van der Waals surface area contributed by atoms with Crippen LogP contribution < -0.4 is 5.32 Å². The van der Waals surface area contributed by atoms with Crippen LogP contribution >= 0.6 is 0 Å². The molecule has 0 saturated heterocycles. The highest BCUT2D eigenvalue weighted by atomic mass is 16.5. The number of hydrogen-bond acceptors (Lipinski definition) is 4. The maximum atomic E-state index is 12.6. The van der Waals surface area contributed by atoms with Crippen molar-refractivity contribution < 1.29 is 19.4 Å². The fourth-order valence-corrected chi connectivity index (χ4v) is 3.69. The molecular weight excluding hydrogens is 346 g/mol. The first kappa shape index (κ1) is 19.1. The molecule has 0 radical (unpaired) electrons. The van der Waals surface area contributed by atoms with Crippen LogP contribution in [0.25, 0.3) is 5.69 Å². The summed E-state index contributed by atoms with van der Waals surface area (Å²) < 4.78 is 7.35. The van der Waals surface area contributed by atoms with Crippen LogP contribution in [0.4, 0.5) is 0 Å². The number of carbonyl (C=O) groups is 2. The number of hydrogen-bond donors (Lipinski definition) is 2. The lowest BCUT2D eigenvalue weighted by Crippen LogP contribution is -2.76. The summed E-state index contributed by atoms with van der Waals surface area (Å²) in [5.74, 6) is -1.34. The normalized spacial score (nSPS) is 23.4. The number of nitrogens with zero attached hydrogens (tertiary/aromatic N) is 2. The van der Waals surface area contributed by atoms with Gasteiger partial charge in [-0.1, -0.05) is 26.0 Å². The van der Waals surface area contributed by atoms with Crippen molar-refractivity contribution >= 4 is 11.9 Å². The summed E-state index contributed by atoms with van der Waals surface area (Å²) in [6.45, 7) is 6.04. The SMILES string of the molecule is CCOC1CC(NC(=O)Cc2ccc(-n3cccn3)cc2)(C(=O)O)C1(C)C. The van der Waals surface area contributed by atoms with Gasteiger partial charge in [0.15, 0.2) is 0 Å². The van der Waals surface area contributed by atoms with Gasteiger partial charge >= 0.3 is 5.97 Å². The molecule has 0 bridgehead atoms. The van der Waals surface area contributed by atoms with Gasteiger partial charge in [0, 0.05) is 30.8 Å². The number of benzene rings is 1. The lowest BCUT2D eigenvalue weighted by molar-refractivity contribution is -0.194. The van der Waals surface area contributed by atoms with Gasteiger partial charge in [-0.25, -0.2) is 9.48 Å². The van der Waals surface area contributed by atoms with Crippen LogP contribution in [0.2, 0.25) is 0 Å². The highest BCUT2D eigenvalue weighted by molar-refractivity contribution is 5.90. The molecule has 0 aliphatic heterocycles. The van der Waals surface area contributed by atoms with E-state index in [1.54, 1.807) is 10.9 Å². The van der Waals surface area contributed by atoms with Crippen LogP contribution in [0.15, 0.2) is 42.7 Å². The van der Waals surface area contributed by atoms with Gasteiger partial charge in [0.05, 0.1) is 18.2 Å². The van der Waals surface area contributed by atoms with Crippen molar-refractivity contribution in [2.45, 2.75) is 45.3 Å². The Morgan fingerprint density at radius 3 is 2.56 bits per heavy atom. The number of rotatable bonds is 7. The molecule has 2 aromatic rings. The van der Waals surface area contributed by atoms with Crippen molar-refractivity contribution in [3.05, 3.63) is 48.3 Å². The molecule has 1 saturated carbocycles. The number of ether oxygens (including phenoxy) is 1. The number of aliphatic carboxylic acids is 1. The topological polar surface area (TPSA) is 93.5 Å². The zero-order valence-electron chi connectivity index (χ0n) is 15.8. The Morgan fingerprint density at radius 2 is 2.04 bits per heavy atom. The highest BCUT2D eigenvalue weighted by Crippen LogP contribution is 2.51. The zero-order valence-corrected chi connectivity index (χ0v) is 15.8. The third kappa shape index (κ3) is 3.35. The number of amides is 1. The zero-order chi connectivity index (χ0) is 19.7. The Kier molecular flexibility index (Phi) is 5.06. The molecule has 1 amide bonds. The standard InChI is InChI=1S/C20H25N3O4/c1-4-27-16-13-20(18(25)26,19(16,2)3)22-17(24)12-14-6-8-15(9-7-14)23-11-5-10-21-23/h5-11,16H,4,12-13H2,1-3H3,(H,22,24)(H,25,26). The molecule has 2 unspecified atom stereocenters. The van der Waals surface area contributed by atoms with Crippen molar-refractivity contribution in [2.75, 3.05) is 6.61 Å². The van der Waals surface area contributed by atoms with Gasteiger partial charge in [-0.15, -0.1) is 0 Å². The second-order valence-corrected chi connectivity index (χ2v) is 7.42. The van der Waals surface area contributed by atoms with Gasteiger partial charge < -0.3 is 15.2 Å². The minimum atomic E-state index is -1.31. The van der Waals surface area contributed by atoms with Crippen molar-refractivity contribution in [1.82, 2.24) is 15.1 Å². The van der Waals surface area contributed by atoms with E-state index in [-0.39, 0.29) is 24.9 Å².